The number of H-pyrrole nitrogens is 1. The number of aromatic nitrogens is 1. The number of benzene rings is 1. The molecular weight excluding hydrogens is 318 g/mol. The van der Waals surface area contributed by atoms with Gasteiger partial charge in [0.05, 0.1) is 13.7 Å². The van der Waals surface area contributed by atoms with E-state index in [1.165, 1.54) is 13.2 Å². The Bertz CT molecular complexity index is 835. The number of allylic oxidation sites excluding steroid dienone is 1. The Morgan fingerprint density at radius 3 is 2.83 bits per heavy atom. The zero-order valence-corrected chi connectivity index (χ0v) is 13.6. The molecule has 0 radical (unpaired) electrons. The van der Waals surface area contributed by atoms with Crippen LogP contribution in [0.4, 0.5) is 0 Å². The molecule has 3 rings (SSSR count). The topological polar surface area (TPSA) is 68.4 Å². The van der Waals surface area contributed by atoms with Gasteiger partial charge in [-0.2, -0.15) is 0 Å². The van der Waals surface area contributed by atoms with Crippen molar-refractivity contribution in [3.05, 3.63) is 40.1 Å². The lowest BCUT2D eigenvalue weighted by molar-refractivity contribution is -0.137. The van der Waals surface area contributed by atoms with Crippen molar-refractivity contribution in [1.82, 2.24) is 4.98 Å². The number of methoxy groups -OCH3 is 1. The van der Waals surface area contributed by atoms with Crippen molar-refractivity contribution in [3.8, 4) is 0 Å². The van der Waals surface area contributed by atoms with E-state index in [4.69, 9.17) is 21.1 Å². The molecule has 1 aromatic carbocycles. The molecular formula is C17H16ClNO4. The van der Waals surface area contributed by atoms with Crippen molar-refractivity contribution >= 4 is 40.0 Å². The number of halogens is 1. The Hall–Kier alpha value is -2.27. The summed E-state index contributed by atoms with van der Waals surface area (Å²) in [5.41, 5.74) is 3.62. The normalized spacial score (nSPS) is 15.0. The number of hydrogen-bond acceptors (Lipinski definition) is 4. The van der Waals surface area contributed by atoms with Gasteiger partial charge >= 0.3 is 11.9 Å². The summed E-state index contributed by atoms with van der Waals surface area (Å²) in [4.78, 5) is 27.0. The van der Waals surface area contributed by atoms with Gasteiger partial charge in [-0.1, -0.05) is 11.6 Å². The van der Waals surface area contributed by atoms with Crippen LogP contribution < -0.4 is 0 Å². The maximum atomic E-state index is 12.1. The van der Waals surface area contributed by atoms with Crippen LogP contribution >= 0.6 is 11.6 Å². The third-order valence-electron chi connectivity index (χ3n) is 3.90. The van der Waals surface area contributed by atoms with E-state index < -0.39 is 11.9 Å². The smallest absolute Gasteiger partial charge is 0.355 e. The molecule has 1 aromatic heterocycles. The first-order valence-corrected chi connectivity index (χ1v) is 7.73. The van der Waals surface area contributed by atoms with E-state index >= 15 is 0 Å². The summed E-state index contributed by atoms with van der Waals surface area (Å²) in [6, 6.07) is 3.66. The highest BCUT2D eigenvalue weighted by Gasteiger charge is 2.27. The largest absolute Gasteiger partial charge is 0.464 e. The minimum atomic E-state index is -0.477. The average molecular weight is 334 g/mol. The van der Waals surface area contributed by atoms with Crippen LogP contribution in [0.3, 0.4) is 0 Å². The molecule has 5 nitrogen and oxygen atoms in total. The van der Waals surface area contributed by atoms with Crippen LogP contribution in [-0.4, -0.2) is 30.6 Å². The number of aryl methyl sites for hydroxylation is 1. The van der Waals surface area contributed by atoms with Crippen molar-refractivity contribution < 1.29 is 19.1 Å². The molecule has 23 heavy (non-hydrogen) atoms. The lowest BCUT2D eigenvalue weighted by atomic mass is 9.87. The van der Waals surface area contributed by atoms with E-state index in [2.05, 4.69) is 4.98 Å². The van der Waals surface area contributed by atoms with Gasteiger partial charge in [-0.3, -0.25) is 0 Å². The standard InChI is InChI=1S/C17H16ClNO4/c1-3-23-13(20)7-10-5-4-9-6-11(18)8-12-14(9)15(10)16(19-12)17(21)22-2/h6-8,19H,3-5H2,1-2H3/b10-7+. The quantitative estimate of drug-likeness (QED) is 0.689. The van der Waals surface area contributed by atoms with Crippen molar-refractivity contribution in [3.63, 3.8) is 0 Å². The van der Waals surface area contributed by atoms with Crippen LogP contribution in [0.15, 0.2) is 18.2 Å². The summed E-state index contributed by atoms with van der Waals surface area (Å²) in [6.45, 7) is 2.06. The maximum Gasteiger partial charge on any atom is 0.355 e. The molecule has 1 N–H and O–H groups in total. The fourth-order valence-corrected chi connectivity index (χ4v) is 3.26. The van der Waals surface area contributed by atoms with E-state index in [1.54, 1.807) is 13.0 Å². The van der Waals surface area contributed by atoms with Crippen LogP contribution in [0.25, 0.3) is 16.5 Å². The Labute approximate surface area is 138 Å². The molecule has 1 aliphatic carbocycles. The van der Waals surface area contributed by atoms with Crippen LogP contribution in [0, 0.1) is 0 Å². The molecule has 2 aromatic rings. The molecule has 0 unspecified atom stereocenters. The molecule has 0 fully saturated rings. The number of ether oxygens (including phenoxy) is 2. The second-order valence-electron chi connectivity index (χ2n) is 5.28. The van der Waals surface area contributed by atoms with Crippen molar-refractivity contribution in [2.24, 2.45) is 0 Å². The summed E-state index contributed by atoms with van der Waals surface area (Å²) in [5.74, 6) is -0.889. The van der Waals surface area contributed by atoms with Gasteiger partial charge in [0.2, 0.25) is 0 Å². The van der Waals surface area contributed by atoms with E-state index in [9.17, 15) is 9.59 Å². The Balaban J connectivity index is 2.25. The van der Waals surface area contributed by atoms with Gasteiger partial charge in [0.15, 0.2) is 0 Å². The summed E-state index contributed by atoms with van der Waals surface area (Å²) in [5, 5.41) is 1.52. The van der Waals surface area contributed by atoms with E-state index in [-0.39, 0.29) is 0 Å². The molecule has 1 heterocycles. The van der Waals surface area contributed by atoms with Gasteiger partial charge in [0, 0.05) is 27.6 Å². The number of carbonyl (C=O) groups is 2. The molecule has 0 saturated carbocycles. The van der Waals surface area contributed by atoms with E-state index in [1.807, 2.05) is 6.07 Å². The van der Waals surface area contributed by atoms with Crippen molar-refractivity contribution in [2.45, 2.75) is 19.8 Å². The molecule has 120 valence electrons. The van der Waals surface area contributed by atoms with Crippen LogP contribution in [-0.2, 0) is 20.7 Å². The van der Waals surface area contributed by atoms with Gasteiger partial charge in [-0.25, -0.2) is 9.59 Å². The molecule has 0 amide bonds. The van der Waals surface area contributed by atoms with Crippen LogP contribution in [0.1, 0.15) is 35.0 Å². The van der Waals surface area contributed by atoms with E-state index in [0.717, 1.165) is 28.5 Å². The molecule has 0 atom stereocenters. The number of nitrogens with one attached hydrogen (secondary N) is 1. The maximum absolute atomic E-state index is 12.1. The van der Waals surface area contributed by atoms with Crippen LogP contribution in [0.5, 0.6) is 0 Å². The van der Waals surface area contributed by atoms with Crippen molar-refractivity contribution in [2.75, 3.05) is 13.7 Å². The third-order valence-corrected chi connectivity index (χ3v) is 4.12. The third kappa shape index (κ3) is 2.72. The highest BCUT2D eigenvalue weighted by atomic mass is 35.5. The zero-order chi connectivity index (χ0) is 16.6. The minimum Gasteiger partial charge on any atom is -0.464 e. The Morgan fingerprint density at radius 2 is 2.13 bits per heavy atom. The van der Waals surface area contributed by atoms with Crippen molar-refractivity contribution in [1.29, 1.82) is 0 Å². The average Bonchev–Trinajstić information content (AvgIpc) is 2.90. The molecule has 6 heteroatoms. The first-order chi connectivity index (χ1) is 11.0. The summed E-state index contributed by atoms with van der Waals surface area (Å²) < 4.78 is 9.84. The highest BCUT2D eigenvalue weighted by molar-refractivity contribution is 6.31. The second kappa shape index (κ2) is 6.08. The monoisotopic (exact) mass is 333 g/mol. The number of aromatic amines is 1. The second-order valence-corrected chi connectivity index (χ2v) is 5.71. The lowest BCUT2D eigenvalue weighted by Crippen LogP contribution is -2.09. The molecule has 1 aliphatic rings. The predicted molar refractivity (Wildman–Crippen MR) is 87.6 cm³/mol. The SMILES string of the molecule is CCOC(=O)/C=C1\CCc2cc(Cl)cc3[nH]c(C(=O)OC)c1c23. The Morgan fingerprint density at radius 1 is 1.35 bits per heavy atom. The first kappa shape index (κ1) is 15.6. The number of carbonyl (C=O) groups excluding carboxylic acids is 2. The van der Waals surface area contributed by atoms with E-state index in [0.29, 0.717) is 29.3 Å². The van der Waals surface area contributed by atoms with Gasteiger partial charge in [0.1, 0.15) is 5.69 Å². The van der Waals surface area contributed by atoms with Gasteiger partial charge in [-0.05, 0) is 43.0 Å². The minimum absolute atomic E-state index is 0.307. The van der Waals surface area contributed by atoms with Gasteiger partial charge in [-0.15, -0.1) is 0 Å². The number of rotatable bonds is 3. The summed E-state index contributed by atoms with van der Waals surface area (Å²) >= 11 is 6.14. The summed E-state index contributed by atoms with van der Waals surface area (Å²) in [7, 11) is 1.33. The highest BCUT2D eigenvalue weighted by Crippen LogP contribution is 2.40. The van der Waals surface area contributed by atoms with Crippen LogP contribution in [0.2, 0.25) is 5.02 Å². The lowest BCUT2D eigenvalue weighted by Gasteiger charge is -2.17. The fourth-order valence-electron chi connectivity index (χ4n) is 3.02. The van der Waals surface area contributed by atoms with Gasteiger partial charge in [0.25, 0.3) is 0 Å². The van der Waals surface area contributed by atoms with Gasteiger partial charge < -0.3 is 14.5 Å². The number of esters is 2. The zero-order valence-electron chi connectivity index (χ0n) is 12.9. The molecule has 0 saturated heterocycles. The fraction of sp³-hybridized carbons (Fsp3) is 0.294. The molecule has 0 bridgehead atoms. The predicted octanol–water partition coefficient (Wildman–Crippen LogP) is 3.50. The molecule has 0 aliphatic heterocycles. The first-order valence-electron chi connectivity index (χ1n) is 7.35. The summed E-state index contributed by atoms with van der Waals surface area (Å²) in [6.07, 6.45) is 2.83. The number of hydrogen-bond donors (Lipinski definition) is 1. The Kier molecular flexibility index (Phi) is 4.13. The molecule has 0 spiro atoms.